The Morgan fingerprint density at radius 1 is 1.77 bits per heavy atom. The van der Waals surface area contributed by atoms with Crippen LogP contribution in [0.5, 0.6) is 5.88 Å². The quantitative estimate of drug-likeness (QED) is 0.704. The maximum absolute atomic E-state index is 10.9. The van der Waals surface area contributed by atoms with Gasteiger partial charge >= 0.3 is 0 Å². The molecular formula is C9H12N2O2. The van der Waals surface area contributed by atoms with Gasteiger partial charge in [-0.3, -0.25) is 4.79 Å². The van der Waals surface area contributed by atoms with Crippen molar-refractivity contribution in [3.8, 4) is 5.88 Å². The van der Waals surface area contributed by atoms with Crippen LogP contribution in [0.15, 0.2) is 12.3 Å². The topological polar surface area (TPSA) is 44.1 Å². The SMILES string of the molecule is CC(=O)n1ccc(OCC2CC2)n1. The minimum absolute atomic E-state index is 0.0960. The van der Waals surface area contributed by atoms with Crippen LogP contribution in [0.4, 0.5) is 0 Å². The Kier molecular flexibility index (Phi) is 2.04. The lowest BCUT2D eigenvalue weighted by atomic mass is 10.5. The fourth-order valence-corrected chi connectivity index (χ4v) is 1.05. The third-order valence-electron chi connectivity index (χ3n) is 2.05. The lowest BCUT2D eigenvalue weighted by Crippen LogP contribution is -2.06. The van der Waals surface area contributed by atoms with Crippen LogP contribution in [-0.2, 0) is 0 Å². The van der Waals surface area contributed by atoms with Gasteiger partial charge in [0.05, 0.1) is 6.61 Å². The first kappa shape index (κ1) is 8.29. The highest BCUT2D eigenvalue weighted by Gasteiger charge is 2.22. The summed E-state index contributed by atoms with van der Waals surface area (Å²) < 4.78 is 6.66. The molecule has 4 nitrogen and oxygen atoms in total. The van der Waals surface area contributed by atoms with E-state index in [4.69, 9.17) is 4.74 Å². The van der Waals surface area contributed by atoms with Crippen molar-refractivity contribution in [1.82, 2.24) is 9.78 Å². The number of hydrogen-bond donors (Lipinski definition) is 0. The normalized spacial score (nSPS) is 15.8. The number of ether oxygens (including phenoxy) is 1. The first-order valence-corrected chi connectivity index (χ1v) is 4.45. The van der Waals surface area contributed by atoms with Crippen molar-refractivity contribution in [2.24, 2.45) is 5.92 Å². The molecule has 1 aromatic rings. The second-order valence-corrected chi connectivity index (χ2v) is 3.37. The van der Waals surface area contributed by atoms with Crippen LogP contribution >= 0.6 is 0 Å². The molecule has 0 unspecified atom stereocenters. The number of carbonyl (C=O) groups is 1. The molecule has 0 N–H and O–H groups in total. The summed E-state index contributed by atoms with van der Waals surface area (Å²) in [4.78, 5) is 10.9. The highest BCUT2D eigenvalue weighted by Crippen LogP contribution is 2.29. The van der Waals surface area contributed by atoms with Crippen molar-refractivity contribution < 1.29 is 9.53 Å². The number of aromatic nitrogens is 2. The number of carbonyl (C=O) groups excluding carboxylic acids is 1. The molecule has 1 fully saturated rings. The molecule has 0 saturated heterocycles. The molecule has 0 aliphatic heterocycles. The van der Waals surface area contributed by atoms with Gasteiger partial charge in [0.15, 0.2) is 0 Å². The maximum Gasteiger partial charge on any atom is 0.243 e. The minimum atomic E-state index is -0.0960. The second kappa shape index (κ2) is 3.20. The minimum Gasteiger partial charge on any atom is -0.476 e. The summed E-state index contributed by atoms with van der Waals surface area (Å²) >= 11 is 0. The number of rotatable bonds is 3. The second-order valence-electron chi connectivity index (χ2n) is 3.37. The molecule has 0 aromatic carbocycles. The van der Waals surface area contributed by atoms with Crippen molar-refractivity contribution in [2.45, 2.75) is 19.8 Å². The molecule has 13 heavy (non-hydrogen) atoms. The third-order valence-corrected chi connectivity index (χ3v) is 2.05. The Morgan fingerprint density at radius 2 is 2.54 bits per heavy atom. The summed E-state index contributed by atoms with van der Waals surface area (Å²) in [5, 5.41) is 3.95. The summed E-state index contributed by atoms with van der Waals surface area (Å²) in [6, 6.07) is 1.71. The zero-order valence-corrected chi connectivity index (χ0v) is 7.56. The van der Waals surface area contributed by atoms with Gasteiger partial charge in [0.25, 0.3) is 0 Å². The summed E-state index contributed by atoms with van der Waals surface area (Å²) in [5.74, 6) is 1.16. The molecule has 1 aliphatic rings. The van der Waals surface area contributed by atoms with E-state index >= 15 is 0 Å². The zero-order valence-electron chi connectivity index (χ0n) is 7.56. The maximum atomic E-state index is 10.9. The molecule has 1 heterocycles. The van der Waals surface area contributed by atoms with Crippen molar-refractivity contribution in [1.29, 1.82) is 0 Å². The van der Waals surface area contributed by atoms with E-state index in [2.05, 4.69) is 5.10 Å². The summed E-state index contributed by atoms with van der Waals surface area (Å²) in [6.45, 7) is 2.20. The van der Waals surface area contributed by atoms with E-state index in [1.807, 2.05) is 0 Å². The Hall–Kier alpha value is -1.32. The van der Waals surface area contributed by atoms with Crippen molar-refractivity contribution in [3.63, 3.8) is 0 Å². The Bertz CT molecular complexity index is 315. The highest BCUT2D eigenvalue weighted by molar-refractivity contribution is 5.75. The highest BCUT2D eigenvalue weighted by atomic mass is 16.5. The zero-order chi connectivity index (χ0) is 9.26. The standard InChI is InChI=1S/C9H12N2O2/c1-7(12)11-5-4-9(10-11)13-6-8-2-3-8/h4-5,8H,2-3,6H2,1H3. The summed E-state index contributed by atoms with van der Waals surface area (Å²) in [6.07, 6.45) is 4.13. The predicted octanol–water partition coefficient (Wildman–Crippen LogP) is 1.33. The van der Waals surface area contributed by atoms with Gasteiger partial charge < -0.3 is 4.74 Å². The molecule has 0 spiro atoms. The molecule has 70 valence electrons. The fraction of sp³-hybridized carbons (Fsp3) is 0.556. The third kappa shape index (κ3) is 2.08. The number of nitrogens with zero attached hydrogens (tertiary/aromatic N) is 2. The molecule has 0 bridgehead atoms. The van der Waals surface area contributed by atoms with Gasteiger partial charge in [0, 0.05) is 19.2 Å². The Balaban J connectivity index is 1.92. The predicted molar refractivity (Wildman–Crippen MR) is 46.7 cm³/mol. The van der Waals surface area contributed by atoms with Crippen LogP contribution in [0.3, 0.4) is 0 Å². The molecule has 1 aliphatic carbocycles. The largest absolute Gasteiger partial charge is 0.476 e. The van der Waals surface area contributed by atoms with Gasteiger partial charge in [-0.2, -0.15) is 0 Å². The molecule has 1 saturated carbocycles. The van der Waals surface area contributed by atoms with Gasteiger partial charge in [-0.05, 0) is 18.8 Å². The van der Waals surface area contributed by atoms with Crippen molar-refractivity contribution in [2.75, 3.05) is 6.61 Å². The van der Waals surface area contributed by atoms with Crippen molar-refractivity contribution in [3.05, 3.63) is 12.3 Å². The molecular weight excluding hydrogens is 168 g/mol. The lowest BCUT2D eigenvalue weighted by molar-refractivity contribution is 0.0918. The van der Waals surface area contributed by atoms with Crippen molar-refractivity contribution >= 4 is 5.91 Å². The fourth-order valence-electron chi connectivity index (χ4n) is 1.05. The van der Waals surface area contributed by atoms with Crippen LogP contribution < -0.4 is 4.74 Å². The first-order chi connectivity index (χ1) is 6.25. The average Bonchev–Trinajstić information content (AvgIpc) is 2.79. The summed E-state index contributed by atoms with van der Waals surface area (Å²) in [5.41, 5.74) is 0. The van der Waals surface area contributed by atoms with Crippen LogP contribution in [0.25, 0.3) is 0 Å². The monoisotopic (exact) mass is 180 g/mol. The van der Waals surface area contributed by atoms with E-state index in [1.165, 1.54) is 24.4 Å². The lowest BCUT2D eigenvalue weighted by Gasteiger charge is -1.98. The van der Waals surface area contributed by atoms with Gasteiger partial charge in [-0.25, -0.2) is 4.68 Å². The van der Waals surface area contributed by atoms with E-state index in [0.29, 0.717) is 11.8 Å². The van der Waals surface area contributed by atoms with Crippen LogP contribution in [-0.4, -0.2) is 22.3 Å². The van der Waals surface area contributed by atoms with E-state index < -0.39 is 0 Å². The summed E-state index contributed by atoms with van der Waals surface area (Å²) in [7, 11) is 0. The average molecular weight is 180 g/mol. The van der Waals surface area contributed by atoms with Gasteiger partial charge in [-0.1, -0.05) is 0 Å². The molecule has 0 atom stereocenters. The van der Waals surface area contributed by atoms with Crippen LogP contribution in [0.2, 0.25) is 0 Å². The van der Waals surface area contributed by atoms with E-state index in [1.54, 1.807) is 12.3 Å². The Morgan fingerprint density at radius 3 is 3.08 bits per heavy atom. The van der Waals surface area contributed by atoms with Crippen LogP contribution in [0.1, 0.15) is 24.6 Å². The van der Waals surface area contributed by atoms with E-state index in [-0.39, 0.29) is 5.91 Å². The molecule has 2 rings (SSSR count). The van der Waals surface area contributed by atoms with E-state index in [0.717, 1.165) is 6.61 Å². The Labute approximate surface area is 76.5 Å². The molecule has 4 heteroatoms. The first-order valence-electron chi connectivity index (χ1n) is 4.45. The smallest absolute Gasteiger partial charge is 0.243 e. The molecule has 1 aromatic heterocycles. The van der Waals surface area contributed by atoms with Gasteiger partial charge in [-0.15, -0.1) is 5.10 Å². The van der Waals surface area contributed by atoms with Gasteiger partial charge in [0.2, 0.25) is 11.8 Å². The molecule has 0 amide bonds. The van der Waals surface area contributed by atoms with E-state index in [9.17, 15) is 4.79 Å². The van der Waals surface area contributed by atoms with Crippen LogP contribution in [0, 0.1) is 5.92 Å². The van der Waals surface area contributed by atoms with Gasteiger partial charge in [0.1, 0.15) is 0 Å². The number of hydrogen-bond acceptors (Lipinski definition) is 3. The molecule has 0 radical (unpaired) electrons.